The summed E-state index contributed by atoms with van der Waals surface area (Å²) in [7, 11) is 0. The summed E-state index contributed by atoms with van der Waals surface area (Å²) in [6.07, 6.45) is -9.97. The van der Waals surface area contributed by atoms with Crippen LogP contribution < -0.4 is 5.32 Å². The number of carbonyl (C=O) groups is 1. The molecule has 1 unspecified atom stereocenters. The van der Waals surface area contributed by atoms with E-state index in [1.807, 2.05) is 0 Å². The van der Waals surface area contributed by atoms with E-state index in [0.717, 1.165) is 31.2 Å². The van der Waals surface area contributed by atoms with Crippen LogP contribution in [0.5, 0.6) is 0 Å². The third kappa shape index (κ3) is 6.18. The molecule has 1 aromatic carbocycles. The van der Waals surface area contributed by atoms with Gasteiger partial charge in [0.1, 0.15) is 0 Å². The summed E-state index contributed by atoms with van der Waals surface area (Å²) < 4.78 is 284. The van der Waals surface area contributed by atoms with Crippen LogP contribution in [0.3, 0.4) is 0 Å². The lowest BCUT2D eigenvalue weighted by Gasteiger charge is -2.44. The highest BCUT2D eigenvalue weighted by molar-refractivity contribution is 5.96. The fraction of sp³-hybridized carbons (Fsp3) is 0.636. The van der Waals surface area contributed by atoms with E-state index in [1.165, 1.54) is 5.32 Å². The van der Waals surface area contributed by atoms with Gasteiger partial charge in [-0.15, -0.1) is 0 Å². The molecule has 25 heteroatoms. The van der Waals surface area contributed by atoms with Crippen LogP contribution >= 0.6 is 0 Å². The molecule has 0 fully saturated rings. The van der Waals surface area contributed by atoms with Gasteiger partial charge in [-0.3, -0.25) is 4.79 Å². The molecule has 1 amide bonds. The second-order valence-corrected chi connectivity index (χ2v) is 9.58. The Bertz CT molecular complexity index is 1380. The molecule has 47 heavy (non-hydrogen) atoms. The van der Waals surface area contributed by atoms with E-state index in [4.69, 9.17) is 0 Å². The van der Waals surface area contributed by atoms with Gasteiger partial charge in [0.05, 0.1) is 5.69 Å². The van der Waals surface area contributed by atoms with Crippen LogP contribution in [0.4, 0.5) is 97.9 Å². The molecule has 1 atom stereocenters. The standard InChI is InChI=1S/C22H13F21N2O2/c1-8-5-10(44-7-46)3-4-11(8)12(47)45-9(2)6-13(23,24)14(25,26)15(27,28)16(29,30)17(31,32)18(33,34)19(35,36)20(37,38)21(39,40)22(41,42)43/h3-5,9H,6H2,1-2H3,(H,45,47). The zero-order valence-electron chi connectivity index (χ0n) is 22.2. The molecule has 0 saturated heterocycles. The average molecular weight is 736 g/mol. The summed E-state index contributed by atoms with van der Waals surface area (Å²) in [5, 5.41) is 1.42. The zero-order valence-corrected chi connectivity index (χ0v) is 22.2. The van der Waals surface area contributed by atoms with E-state index >= 15 is 0 Å². The molecule has 0 saturated carbocycles. The molecule has 0 bridgehead atoms. The Labute approximate surface area is 246 Å². The third-order valence-corrected chi connectivity index (χ3v) is 6.15. The van der Waals surface area contributed by atoms with Gasteiger partial charge in [-0.05, 0) is 37.6 Å². The van der Waals surface area contributed by atoms with Crippen molar-refractivity contribution >= 4 is 17.7 Å². The third-order valence-electron chi connectivity index (χ3n) is 6.15. The highest BCUT2D eigenvalue weighted by Gasteiger charge is 2.97. The molecule has 0 aliphatic heterocycles. The van der Waals surface area contributed by atoms with Crippen LogP contribution in [-0.2, 0) is 4.79 Å². The summed E-state index contributed by atoms with van der Waals surface area (Å²) in [5.74, 6) is -79.3. The van der Waals surface area contributed by atoms with Gasteiger partial charge in [0.2, 0.25) is 6.08 Å². The number of amides is 1. The van der Waals surface area contributed by atoms with E-state index in [-0.39, 0.29) is 18.2 Å². The SMILES string of the molecule is Cc1cc(N=C=O)ccc1C(=O)NC(C)CC(F)(F)C(F)(F)C(F)(F)C(F)(F)C(F)(F)C(F)(F)C(F)(F)C(F)(F)C(F)(F)C(F)(F)F. The van der Waals surface area contributed by atoms with Gasteiger partial charge in [-0.25, -0.2) is 4.79 Å². The number of isocyanates is 1. The van der Waals surface area contributed by atoms with Crippen LogP contribution in [0, 0.1) is 6.92 Å². The molecule has 4 nitrogen and oxygen atoms in total. The van der Waals surface area contributed by atoms with Crippen molar-refractivity contribution in [1.82, 2.24) is 5.32 Å². The number of hydrogen-bond acceptors (Lipinski definition) is 3. The lowest BCUT2D eigenvalue weighted by atomic mass is 9.85. The normalized spacial score (nSPS) is 15.6. The van der Waals surface area contributed by atoms with Crippen molar-refractivity contribution in [3.8, 4) is 0 Å². The second kappa shape index (κ2) is 11.9. The van der Waals surface area contributed by atoms with Gasteiger partial charge in [-0.2, -0.15) is 97.2 Å². The van der Waals surface area contributed by atoms with Crippen LogP contribution in [0.15, 0.2) is 23.2 Å². The van der Waals surface area contributed by atoms with E-state index in [1.54, 1.807) is 0 Å². The number of rotatable bonds is 13. The Kier molecular flexibility index (Phi) is 10.6. The molecule has 0 aromatic heterocycles. The van der Waals surface area contributed by atoms with Gasteiger partial charge >= 0.3 is 59.5 Å². The van der Waals surface area contributed by atoms with E-state index in [2.05, 4.69) is 4.99 Å². The van der Waals surface area contributed by atoms with E-state index in [9.17, 15) is 102 Å². The predicted molar refractivity (Wildman–Crippen MR) is 111 cm³/mol. The molecule has 1 aromatic rings. The Morgan fingerprint density at radius 2 is 1.02 bits per heavy atom. The van der Waals surface area contributed by atoms with Crippen molar-refractivity contribution < 1.29 is 102 Å². The minimum Gasteiger partial charge on any atom is -0.349 e. The first-order valence-corrected chi connectivity index (χ1v) is 11.4. The number of aliphatic imine (C=N–C) groups is 1. The average Bonchev–Trinajstić information content (AvgIpc) is 2.86. The van der Waals surface area contributed by atoms with Crippen molar-refractivity contribution in [2.24, 2.45) is 4.99 Å². The summed E-state index contributed by atoms with van der Waals surface area (Å²) in [5.41, 5.74) is -0.841. The van der Waals surface area contributed by atoms with Crippen LogP contribution in [-0.4, -0.2) is 77.5 Å². The van der Waals surface area contributed by atoms with Crippen LogP contribution in [0.2, 0.25) is 0 Å². The number of aryl methyl sites for hydroxylation is 1. The molecule has 1 rings (SSSR count). The number of nitrogens with zero attached hydrogens (tertiary/aromatic N) is 1. The number of halogens is 21. The Hall–Kier alpha value is -3.40. The lowest BCUT2D eigenvalue weighted by molar-refractivity contribution is -0.474. The van der Waals surface area contributed by atoms with Crippen LogP contribution in [0.1, 0.15) is 29.3 Å². The molecule has 270 valence electrons. The number of carbonyl (C=O) groups excluding carboxylic acids is 2. The Morgan fingerprint density at radius 1 is 0.660 bits per heavy atom. The summed E-state index contributed by atoms with van der Waals surface area (Å²) in [6.45, 7) is 1.35. The molecule has 0 aliphatic carbocycles. The summed E-state index contributed by atoms with van der Waals surface area (Å²) in [6, 6.07) is 0.0912. The lowest BCUT2D eigenvalue weighted by Crippen LogP contribution is -2.76. The van der Waals surface area contributed by atoms with Crippen molar-refractivity contribution in [1.29, 1.82) is 0 Å². The summed E-state index contributed by atoms with van der Waals surface area (Å²) in [4.78, 5) is 25.6. The van der Waals surface area contributed by atoms with Crippen molar-refractivity contribution in [3.05, 3.63) is 29.3 Å². The Balaban J connectivity index is 3.54. The van der Waals surface area contributed by atoms with Gasteiger partial charge in [0, 0.05) is 18.0 Å². The van der Waals surface area contributed by atoms with Crippen molar-refractivity contribution in [2.75, 3.05) is 0 Å². The molecule has 1 N–H and O–H groups in total. The van der Waals surface area contributed by atoms with Gasteiger partial charge in [-0.1, -0.05) is 0 Å². The van der Waals surface area contributed by atoms with E-state index < -0.39 is 83.4 Å². The predicted octanol–water partition coefficient (Wildman–Crippen LogP) is 8.75. The quantitative estimate of drug-likeness (QED) is 0.125. The maximum atomic E-state index is 14.3. The molecular weight excluding hydrogens is 723 g/mol. The Morgan fingerprint density at radius 3 is 1.36 bits per heavy atom. The van der Waals surface area contributed by atoms with Crippen molar-refractivity contribution in [3.63, 3.8) is 0 Å². The topological polar surface area (TPSA) is 58.5 Å². The zero-order chi connectivity index (χ0) is 37.8. The molecule has 0 spiro atoms. The van der Waals surface area contributed by atoms with E-state index in [0.29, 0.717) is 0 Å². The monoisotopic (exact) mass is 736 g/mol. The summed E-state index contributed by atoms with van der Waals surface area (Å²) >= 11 is 0. The van der Waals surface area contributed by atoms with Gasteiger partial charge in [0.25, 0.3) is 5.91 Å². The van der Waals surface area contributed by atoms with Gasteiger partial charge < -0.3 is 5.32 Å². The first-order valence-electron chi connectivity index (χ1n) is 11.4. The number of benzene rings is 1. The van der Waals surface area contributed by atoms with Crippen molar-refractivity contribution in [2.45, 2.75) is 85.8 Å². The maximum absolute atomic E-state index is 14.3. The molecule has 0 aliphatic rings. The molecule has 0 heterocycles. The smallest absolute Gasteiger partial charge is 0.349 e. The first-order chi connectivity index (χ1) is 20.5. The van der Waals surface area contributed by atoms with Gasteiger partial charge in [0.15, 0.2) is 0 Å². The molecular formula is C22H13F21N2O2. The fourth-order valence-corrected chi connectivity index (χ4v) is 3.48. The number of alkyl halides is 21. The highest BCUT2D eigenvalue weighted by Crippen LogP contribution is 2.66. The number of hydrogen-bond donors (Lipinski definition) is 1. The highest BCUT2D eigenvalue weighted by atomic mass is 19.4. The largest absolute Gasteiger partial charge is 0.460 e. The maximum Gasteiger partial charge on any atom is 0.460 e. The minimum absolute atomic E-state index is 0.145. The fourth-order valence-electron chi connectivity index (χ4n) is 3.48. The second-order valence-electron chi connectivity index (χ2n) is 9.58. The first kappa shape index (κ1) is 41.6. The minimum atomic E-state index is -9.25. The molecule has 0 radical (unpaired) electrons. The van der Waals surface area contributed by atoms with Crippen LogP contribution in [0.25, 0.3) is 0 Å². The number of nitrogens with one attached hydrogen (secondary N) is 1.